The van der Waals surface area contributed by atoms with E-state index in [9.17, 15) is 19.7 Å². The van der Waals surface area contributed by atoms with E-state index >= 15 is 0 Å². The van der Waals surface area contributed by atoms with Crippen LogP contribution in [0.3, 0.4) is 0 Å². The van der Waals surface area contributed by atoms with Crippen LogP contribution in [-0.2, 0) is 0 Å². The molecule has 0 radical (unpaired) electrons. The number of nitrogens with zero attached hydrogens (tertiary/aromatic N) is 2. The second-order valence-corrected chi connectivity index (χ2v) is 7.47. The molecule has 0 fully saturated rings. The van der Waals surface area contributed by atoms with Gasteiger partial charge in [0.05, 0.1) is 22.6 Å². The second kappa shape index (κ2) is 8.55. The quantitative estimate of drug-likeness (QED) is 0.208. The number of amides is 2. The van der Waals surface area contributed by atoms with Crippen LogP contribution >= 0.6 is 0 Å². The van der Waals surface area contributed by atoms with Gasteiger partial charge in [-0.15, -0.1) is 0 Å². The minimum Gasteiger partial charge on any atom is -0.494 e. The maximum absolute atomic E-state index is 13.2. The molecule has 0 unspecified atom stereocenters. The number of rotatable bonds is 8. The summed E-state index contributed by atoms with van der Waals surface area (Å²) in [7, 11) is 0. The van der Waals surface area contributed by atoms with Crippen LogP contribution in [0.4, 0.5) is 11.4 Å². The summed E-state index contributed by atoms with van der Waals surface area (Å²) < 4.78 is 5.73. The number of nitro groups is 1. The van der Waals surface area contributed by atoms with Crippen molar-refractivity contribution in [2.75, 3.05) is 11.5 Å². The maximum atomic E-state index is 13.2. The van der Waals surface area contributed by atoms with Gasteiger partial charge in [0.1, 0.15) is 5.75 Å². The smallest absolute Gasteiger partial charge is 0.277 e. The van der Waals surface area contributed by atoms with Crippen molar-refractivity contribution in [2.45, 2.75) is 32.6 Å². The first-order valence-corrected chi connectivity index (χ1v) is 10.3. The van der Waals surface area contributed by atoms with E-state index < -0.39 is 16.7 Å². The van der Waals surface area contributed by atoms with Crippen molar-refractivity contribution in [3.8, 4) is 5.75 Å². The number of unbranched alkanes of at least 4 members (excludes halogenated alkanes) is 3. The Morgan fingerprint density at radius 2 is 1.61 bits per heavy atom. The van der Waals surface area contributed by atoms with Gasteiger partial charge in [0.2, 0.25) is 0 Å². The van der Waals surface area contributed by atoms with E-state index in [-0.39, 0.29) is 22.2 Å². The van der Waals surface area contributed by atoms with E-state index in [1.807, 2.05) is 0 Å². The Kier molecular flexibility index (Phi) is 5.66. The molecule has 1 aliphatic heterocycles. The van der Waals surface area contributed by atoms with Crippen LogP contribution in [0.1, 0.15) is 53.3 Å². The lowest BCUT2D eigenvalue weighted by Gasteiger charge is -2.27. The number of anilines is 1. The first kappa shape index (κ1) is 20.5. The highest BCUT2D eigenvalue weighted by Crippen LogP contribution is 2.37. The fourth-order valence-electron chi connectivity index (χ4n) is 3.88. The molecule has 7 heteroatoms. The SMILES string of the molecule is CCCCCCOc1ccc(N2C(=O)c3cccc4c([N+](=O)[O-])ccc(c34)C2=O)cc1. The lowest BCUT2D eigenvalue weighted by atomic mass is 9.93. The van der Waals surface area contributed by atoms with E-state index in [0.717, 1.165) is 24.2 Å². The van der Waals surface area contributed by atoms with Crippen molar-refractivity contribution in [1.29, 1.82) is 0 Å². The van der Waals surface area contributed by atoms with Gasteiger partial charge in [0.25, 0.3) is 17.5 Å². The topological polar surface area (TPSA) is 89.8 Å². The van der Waals surface area contributed by atoms with Crippen LogP contribution in [0, 0.1) is 10.1 Å². The molecule has 7 nitrogen and oxygen atoms in total. The summed E-state index contributed by atoms with van der Waals surface area (Å²) in [5, 5.41) is 12.0. The molecule has 0 saturated heterocycles. The molecule has 31 heavy (non-hydrogen) atoms. The number of imide groups is 1. The lowest BCUT2D eigenvalue weighted by Crippen LogP contribution is -2.40. The molecule has 0 atom stereocenters. The molecule has 0 bridgehead atoms. The molecule has 3 aromatic carbocycles. The van der Waals surface area contributed by atoms with Crippen molar-refractivity contribution >= 4 is 34.0 Å². The molecular weight excluding hydrogens is 396 g/mol. The molecule has 0 aliphatic carbocycles. The molecule has 0 spiro atoms. The average Bonchev–Trinajstić information content (AvgIpc) is 2.78. The number of hydrogen-bond donors (Lipinski definition) is 0. The van der Waals surface area contributed by atoms with E-state index in [1.54, 1.807) is 42.5 Å². The number of ether oxygens (including phenoxy) is 1. The van der Waals surface area contributed by atoms with Crippen LogP contribution in [0.25, 0.3) is 10.8 Å². The molecule has 2 amide bonds. The van der Waals surface area contributed by atoms with Crippen LogP contribution in [0.5, 0.6) is 5.75 Å². The summed E-state index contributed by atoms with van der Waals surface area (Å²) in [6.45, 7) is 2.78. The molecule has 4 rings (SSSR count). The van der Waals surface area contributed by atoms with Crippen molar-refractivity contribution in [1.82, 2.24) is 0 Å². The maximum Gasteiger partial charge on any atom is 0.277 e. The highest BCUT2D eigenvalue weighted by molar-refractivity contribution is 6.36. The van der Waals surface area contributed by atoms with E-state index in [4.69, 9.17) is 4.74 Å². The van der Waals surface area contributed by atoms with Gasteiger partial charge in [-0.3, -0.25) is 19.7 Å². The number of hydrogen-bond acceptors (Lipinski definition) is 5. The van der Waals surface area contributed by atoms with Crippen molar-refractivity contribution in [2.24, 2.45) is 0 Å². The lowest BCUT2D eigenvalue weighted by molar-refractivity contribution is -0.383. The molecule has 0 saturated carbocycles. The Hall–Kier alpha value is -3.74. The Morgan fingerprint density at radius 1 is 0.903 bits per heavy atom. The number of carbonyl (C=O) groups excluding carboxylic acids is 2. The summed E-state index contributed by atoms with van der Waals surface area (Å²) in [5.74, 6) is -0.330. The molecule has 158 valence electrons. The van der Waals surface area contributed by atoms with Crippen LogP contribution < -0.4 is 9.64 Å². The van der Waals surface area contributed by atoms with Gasteiger partial charge >= 0.3 is 0 Å². The van der Waals surface area contributed by atoms with Crippen LogP contribution in [0.2, 0.25) is 0 Å². The van der Waals surface area contributed by atoms with Gasteiger partial charge in [-0.05, 0) is 48.9 Å². The largest absolute Gasteiger partial charge is 0.494 e. The summed E-state index contributed by atoms with van der Waals surface area (Å²) >= 11 is 0. The summed E-state index contributed by atoms with van der Waals surface area (Å²) in [4.78, 5) is 38.3. The Bertz CT molecular complexity index is 1150. The molecule has 0 aromatic heterocycles. The third-order valence-corrected chi connectivity index (χ3v) is 5.44. The molecular formula is C24H22N2O5. The van der Waals surface area contributed by atoms with Crippen LogP contribution in [0.15, 0.2) is 54.6 Å². The minimum absolute atomic E-state index is 0.130. The fourth-order valence-corrected chi connectivity index (χ4v) is 3.88. The monoisotopic (exact) mass is 418 g/mol. The second-order valence-electron chi connectivity index (χ2n) is 7.47. The zero-order valence-electron chi connectivity index (χ0n) is 17.2. The summed E-state index contributed by atoms with van der Waals surface area (Å²) in [5.41, 5.74) is 0.837. The van der Waals surface area contributed by atoms with Crippen molar-refractivity contribution < 1.29 is 19.2 Å². The van der Waals surface area contributed by atoms with Crippen molar-refractivity contribution in [3.63, 3.8) is 0 Å². The Balaban J connectivity index is 1.62. The first-order chi connectivity index (χ1) is 15.0. The predicted molar refractivity (Wildman–Crippen MR) is 118 cm³/mol. The van der Waals surface area contributed by atoms with Crippen molar-refractivity contribution in [3.05, 3.63) is 75.8 Å². The number of nitro benzene ring substituents is 1. The van der Waals surface area contributed by atoms with Gasteiger partial charge in [-0.25, -0.2) is 4.90 Å². The summed E-state index contributed by atoms with van der Waals surface area (Å²) in [6, 6.07) is 14.3. The molecule has 3 aromatic rings. The Labute approximate surface area is 179 Å². The molecule has 0 N–H and O–H groups in total. The summed E-state index contributed by atoms with van der Waals surface area (Å²) in [6.07, 6.45) is 4.44. The standard InChI is InChI=1S/C24H22N2O5/c1-2-3-4-5-15-31-17-11-9-16(10-12-17)25-23(27)19-8-6-7-18-21(26(29)30)14-13-20(22(18)19)24(25)28/h6-14H,2-5,15H2,1H3. The van der Waals surface area contributed by atoms with Crippen LogP contribution in [-0.4, -0.2) is 23.3 Å². The van der Waals surface area contributed by atoms with E-state index in [2.05, 4.69) is 6.92 Å². The molecule has 1 heterocycles. The zero-order chi connectivity index (χ0) is 22.0. The number of non-ortho nitro benzene ring substituents is 1. The third kappa shape index (κ3) is 3.74. The fraction of sp³-hybridized carbons (Fsp3) is 0.250. The van der Waals surface area contributed by atoms with Gasteiger partial charge in [-0.2, -0.15) is 0 Å². The zero-order valence-corrected chi connectivity index (χ0v) is 17.2. The molecule has 1 aliphatic rings. The van der Waals surface area contributed by atoms with E-state index in [1.165, 1.54) is 18.6 Å². The van der Waals surface area contributed by atoms with Gasteiger partial charge in [0, 0.05) is 22.6 Å². The highest BCUT2D eigenvalue weighted by atomic mass is 16.6. The van der Waals surface area contributed by atoms with E-state index in [0.29, 0.717) is 23.4 Å². The highest BCUT2D eigenvalue weighted by Gasteiger charge is 2.35. The van der Waals surface area contributed by atoms with Gasteiger partial charge < -0.3 is 4.74 Å². The predicted octanol–water partition coefficient (Wildman–Crippen LogP) is 5.51. The number of benzene rings is 3. The Morgan fingerprint density at radius 3 is 2.29 bits per heavy atom. The minimum atomic E-state index is -0.509. The third-order valence-electron chi connectivity index (χ3n) is 5.44. The van der Waals surface area contributed by atoms with Gasteiger partial charge in [0.15, 0.2) is 0 Å². The average molecular weight is 418 g/mol. The van der Waals surface area contributed by atoms with Gasteiger partial charge in [-0.1, -0.05) is 32.3 Å². The first-order valence-electron chi connectivity index (χ1n) is 10.3. The number of carbonyl (C=O) groups is 2. The normalized spacial score (nSPS) is 13.0.